The molecule has 0 radical (unpaired) electrons. The summed E-state index contributed by atoms with van der Waals surface area (Å²) in [4.78, 5) is 11.4. The first kappa shape index (κ1) is 12.2. The standard InChI is InChI=1S/C15H21N3O2/c1-7-12(15(19)20)14(18-17-7)16-13-10-3-8-2-9(5-10)6-11(13)4-8/h8-11,13H,2-6H2,1H3,(H,19,20)(H2,16,17,18). The number of anilines is 1. The number of aromatic amines is 1. The molecule has 4 bridgehead atoms. The lowest BCUT2D eigenvalue weighted by atomic mass is 9.54. The van der Waals surface area contributed by atoms with Crippen LogP contribution in [0.4, 0.5) is 5.82 Å². The van der Waals surface area contributed by atoms with Crippen molar-refractivity contribution in [2.24, 2.45) is 23.7 Å². The summed E-state index contributed by atoms with van der Waals surface area (Å²) >= 11 is 0. The highest BCUT2D eigenvalue weighted by molar-refractivity contribution is 5.94. The molecule has 20 heavy (non-hydrogen) atoms. The molecule has 4 fully saturated rings. The van der Waals surface area contributed by atoms with E-state index in [9.17, 15) is 9.90 Å². The Bertz CT molecular complexity index is 523. The summed E-state index contributed by atoms with van der Waals surface area (Å²) in [7, 11) is 0. The Morgan fingerprint density at radius 1 is 1.20 bits per heavy atom. The molecule has 0 aromatic carbocycles. The van der Waals surface area contributed by atoms with Crippen LogP contribution in [-0.2, 0) is 0 Å². The summed E-state index contributed by atoms with van der Waals surface area (Å²) in [6, 6.07) is 0.420. The predicted molar refractivity (Wildman–Crippen MR) is 74.7 cm³/mol. The molecule has 5 heteroatoms. The molecule has 0 unspecified atom stereocenters. The van der Waals surface area contributed by atoms with Crippen LogP contribution in [0.5, 0.6) is 0 Å². The Morgan fingerprint density at radius 3 is 2.35 bits per heavy atom. The summed E-state index contributed by atoms with van der Waals surface area (Å²) in [5, 5.41) is 19.8. The second-order valence-corrected chi connectivity index (χ2v) is 6.98. The SMILES string of the molecule is Cc1[nH]nc(NC2C3CC4CC(C3)CC2C4)c1C(=O)O. The van der Waals surface area contributed by atoms with Gasteiger partial charge in [0.05, 0.1) is 0 Å². The Labute approximate surface area is 118 Å². The fraction of sp³-hybridized carbons (Fsp3) is 0.733. The van der Waals surface area contributed by atoms with E-state index in [2.05, 4.69) is 15.5 Å². The molecule has 1 aromatic rings. The quantitative estimate of drug-likeness (QED) is 0.792. The normalized spacial score (nSPS) is 38.1. The van der Waals surface area contributed by atoms with Crippen molar-refractivity contribution in [3.05, 3.63) is 11.3 Å². The lowest BCUT2D eigenvalue weighted by molar-refractivity contribution is 0.00736. The summed E-state index contributed by atoms with van der Waals surface area (Å²) in [5.74, 6) is 2.91. The molecule has 4 aliphatic carbocycles. The highest BCUT2D eigenvalue weighted by Gasteiger charge is 2.48. The van der Waals surface area contributed by atoms with Crippen LogP contribution in [0.15, 0.2) is 0 Å². The minimum absolute atomic E-state index is 0.304. The van der Waals surface area contributed by atoms with Crippen LogP contribution in [0, 0.1) is 30.6 Å². The molecule has 0 spiro atoms. The summed E-state index contributed by atoms with van der Waals surface area (Å²) < 4.78 is 0. The number of carboxylic acids is 1. The van der Waals surface area contributed by atoms with Crippen molar-refractivity contribution in [2.45, 2.75) is 45.1 Å². The average Bonchev–Trinajstić information content (AvgIpc) is 2.74. The Morgan fingerprint density at radius 2 is 1.80 bits per heavy atom. The minimum Gasteiger partial charge on any atom is -0.477 e. The van der Waals surface area contributed by atoms with Gasteiger partial charge >= 0.3 is 5.97 Å². The number of aromatic carboxylic acids is 1. The third kappa shape index (κ3) is 1.75. The van der Waals surface area contributed by atoms with Gasteiger partial charge in [0, 0.05) is 11.7 Å². The van der Waals surface area contributed by atoms with E-state index in [1.165, 1.54) is 32.1 Å². The lowest BCUT2D eigenvalue weighted by Crippen LogP contribution is -2.51. The van der Waals surface area contributed by atoms with Gasteiger partial charge in [0.2, 0.25) is 0 Å². The number of H-pyrrole nitrogens is 1. The van der Waals surface area contributed by atoms with Gasteiger partial charge in [-0.1, -0.05) is 0 Å². The molecule has 0 saturated heterocycles. The Hall–Kier alpha value is -1.52. The molecular weight excluding hydrogens is 254 g/mol. The first-order valence-corrected chi connectivity index (χ1v) is 7.66. The van der Waals surface area contributed by atoms with E-state index in [0.29, 0.717) is 35.0 Å². The van der Waals surface area contributed by atoms with Crippen molar-refractivity contribution >= 4 is 11.8 Å². The second kappa shape index (κ2) is 4.24. The highest BCUT2D eigenvalue weighted by Crippen LogP contribution is 2.54. The van der Waals surface area contributed by atoms with E-state index >= 15 is 0 Å². The number of hydrogen-bond acceptors (Lipinski definition) is 3. The van der Waals surface area contributed by atoms with E-state index in [1.54, 1.807) is 6.92 Å². The first-order chi connectivity index (χ1) is 9.61. The maximum atomic E-state index is 11.4. The number of nitrogens with one attached hydrogen (secondary N) is 2. The maximum absolute atomic E-state index is 11.4. The van der Waals surface area contributed by atoms with Crippen LogP contribution in [0.2, 0.25) is 0 Å². The molecule has 5 nitrogen and oxygen atoms in total. The summed E-state index contributed by atoms with van der Waals surface area (Å²) in [6.07, 6.45) is 6.70. The third-order valence-electron chi connectivity index (χ3n) is 5.69. The van der Waals surface area contributed by atoms with Crippen LogP contribution in [0.3, 0.4) is 0 Å². The summed E-state index contributed by atoms with van der Waals surface area (Å²) in [5.41, 5.74) is 0.933. The number of carbonyl (C=O) groups is 1. The number of hydrogen-bond donors (Lipinski definition) is 3. The molecule has 108 valence electrons. The number of aryl methyl sites for hydroxylation is 1. The number of carboxylic acid groups (broad SMARTS) is 1. The topological polar surface area (TPSA) is 78.0 Å². The van der Waals surface area contributed by atoms with E-state index in [4.69, 9.17) is 0 Å². The third-order valence-corrected chi connectivity index (χ3v) is 5.69. The molecule has 4 saturated carbocycles. The molecule has 3 N–H and O–H groups in total. The molecule has 4 aliphatic rings. The average molecular weight is 275 g/mol. The van der Waals surface area contributed by atoms with Crippen molar-refractivity contribution in [2.75, 3.05) is 5.32 Å². The van der Waals surface area contributed by atoms with Gasteiger partial charge in [-0.15, -0.1) is 0 Å². The summed E-state index contributed by atoms with van der Waals surface area (Å²) in [6.45, 7) is 1.76. The van der Waals surface area contributed by atoms with Crippen LogP contribution in [0.25, 0.3) is 0 Å². The van der Waals surface area contributed by atoms with Crippen molar-refractivity contribution in [1.29, 1.82) is 0 Å². The fourth-order valence-electron chi connectivity index (χ4n) is 5.11. The zero-order valence-corrected chi connectivity index (χ0v) is 11.7. The van der Waals surface area contributed by atoms with Gasteiger partial charge in [-0.25, -0.2) is 4.79 Å². The Kier molecular flexibility index (Phi) is 2.59. The number of aromatic nitrogens is 2. The Balaban J connectivity index is 1.59. The lowest BCUT2D eigenvalue weighted by Gasteiger charge is -2.54. The van der Waals surface area contributed by atoms with Gasteiger partial charge in [-0.05, 0) is 62.7 Å². The van der Waals surface area contributed by atoms with Crippen molar-refractivity contribution in [1.82, 2.24) is 10.2 Å². The van der Waals surface area contributed by atoms with Gasteiger partial charge < -0.3 is 10.4 Å². The zero-order chi connectivity index (χ0) is 13.9. The molecular formula is C15H21N3O2. The van der Waals surface area contributed by atoms with Gasteiger partial charge in [0.25, 0.3) is 0 Å². The van der Waals surface area contributed by atoms with Gasteiger partial charge in [0.1, 0.15) is 5.56 Å². The largest absolute Gasteiger partial charge is 0.477 e. The smallest absolute Gasteiger partial charge is 0.341 e. The van der Waals surface area contributed by atoms with Gasteiger partial charge in [0.15, 0.2) is 5.82 Å². The van der Waals surface area contributed by atoms with E-state index in [1.807, 2.05) is 0 Å². The molecule has 0 aliphatic heterocycles. The fourth-order valence-corrected chi connectivity index (χ4v) is 5.11. The highest BCUT2D eigenvalue weighted by atomic mass is 16.4. The van der Waals surface area contributed by atoms with E-state index < -0.39 is 5.97 Å². The monoisotopic (exact) mass is 275 g/mol. The molecule has 1 aromatic heterocycles. The van der Waals surface area contributed by atoms with Crippen molar-refractivity contribution in [3.63, 3.8) is 0 Å². The van der Waals surface area contributed by atoms with Crippen LogP contribution in [0.1, 0.15) is 48.2 Å². The molecule has 0 amide bonds. The first-order valence-electron chi connectivity index (χ1n) is 7.66. The second-order valence-electron chi connectivity index (χ2n) is 6.98. The predicted octanol–water partition coefficient (Wildman–Crippen LogP) is 2.65. The maximum Gasteiger partial charge on any atom is 0.341 e. The zero-order valence-electron chi connectivity index (χ0n) is 11.7. The van der Waals surface area contributed by atoms with Crippen molar-refractivity contribution < 1.29 is 9.90 Å². The molecule has 1 heterocycles. The molecule has 0 atom stereocenters. The van der Waals surface area contributed by atoms with Crippen molar-refractivity contribution in [3.8, 4) is 0 Å². The van der Waals surface area contributed by atoms with Gasteiger partial charge in [-0.3, -0.25) is 5.10 Å². The van der Waals surface area contributed by atoms with Crippen LogP contribution < -0.4 is 5.32 Å². The molecule has 5 rings (SSSR count). The van der Waals surface area contributed by atoms with Gasteiger partial charge in [-0.2, -0.15) is 5.10 Å². The minimum atomic E-state index is -0.900. The van der Waals surface area contributed by atoms with Crippen LogP contribution in [-0.4, -0.2) is 27.3 Å². The number of rotatable bonds is 3. The van der Waals surface area contributed by atoms with E-state index in [-0.39, 0.29) is 0 Å². The number of nitrogens with zero attached hydrogens (tertiary/aromatic N) is 1. The van der Waals surface area contributed by atoms with E-state index in [0.717, 1.165) is 11.8 Å². The van der Waals surface area contributed by atoms with Crippen LogP contribution >= 0.6 is 0 Å².